The fourth-order valence-electron chi connectivity index (χ4n) is 0.537. The predicted octanol–water partition coefficient (Wildman–Crippen LogP) is -1.27. The highest BCUT2D eigenvalue weighted by Crippen LogP contribution is 1.78. The van der Waals surface area contributed by atoms with Crippen molar-refractivity contribution in [3.63, 3.8) is 0 Å². The predicted molar refractivity (Wildman–Crippen MR) is 44.3 cm³/mol. The van der Waals surface area contributed by atoms with Crippen molar-refractivity contribution in [2.24, 2.45) is 5.14 Å². The van der Waals surface area contributed by atoms with Crippen molar-refractivity contribution >= 4 is 10.2 Å². The molecule has 3 N–H and O–H groups in total. The molecule has 0 spiro atoms. The van der Waals surface area contributed by atoms with Gasteiger partial charge in [0, 0.05) is 13.1 Å². The van der Waals surface area contributed by atoms with E-state index >= 15 is 0 Å². The highest BCUT2D eigenvalue weighted by Gasteiger charge is 2.00. The van der Waals surface area contributed by atoms with E-state index in [9.17, 15) is 8.42 Å². The lowest BCUT2D eigenvalue weighted by molar-refractivity contribution is 0.358. The molecule has 0 saturated carbocycles. The number of nitrogens with zero attached hydrogens (tertiary/aromatic N) is 1. The Balaban J connectivity index is 3.43. The Bertz CT molecular complexity index is 190. The third-order valence-corrected chi connectivity index (χ3v) is 1.94. The zero-order chi connectivity index (χ0) is 8.91. The number of nitrogens with two attached hydrogens (primary N) is 1. The van der Waals surface area contributed by atoms with Gasteiger partial charge in [-0.2, -0.15) is 8.42 Å². The Morgan fingerprint density at radius 2 is 2.09 bits per heavy atom. The van der Waals surface area contributed by atoms with Crippen LogP contribution in [0.4, 0.5) is 0 Å². The van der Waals surface area contributed by atoms with Crippen LogP contribution in [0.2, 0.25) is 0 Å². The molecule has 11 heavy (non-hydrogen) atoms. The summed E-state index contributed by atoms with van der Waals surface area (Å²) in [6.07, 6.45) is 0. The van der Waals surface area contributed by atoms with E-state index in [1.807, 2.05) is 18.9 Å². The Labute approximate surface area is 67.7 Å². The number of likely N-dealkylation sites (N-methyl/N-ethyl adjacent to an activating group) is 1. The lowest BCUT2D eigenvalue weighted by Gasteiger charge is -2.12. The lowest BCUT2D eigenvalue weighted by Crippen LogP contribution is -2.36. The first-order chi connectivity index (χ1) is 4.95. The number of hydrogen-bond donors (Lipinski definition) is 2. The molecule has 0 bridgehead atoms. The van der Waals surface area contributed by atoms with Crippen LogP contribution in [0.3, 0.4) is 0 Å². The van der Waals surface area contributed by atoms with Crippen LogP contribution >= 0.6 is 0 Å². The van der Waals surface area contributed by atoms with Gasteiger partial charge in [-0.25, -0.2) is 9.86 Å². The minimum Gasteiger partial charge on any atom is -0.305 e. The quantitative estimate of drug-likeness (QED) is 0.555. The number of hydrogen-bond acceptors (Lipinski definition) is 3. The summed E-state index contributed by atoms with van der Waals surface area (Å²) in [5.41, 5.74) is 0. The summed E-state index contributed by atoms with van der Waals surface area (Å²) in [6, 6.07) is 0. The van der Waals surface area contributed by atoms with Gasteiger partial charge in [-0.1, -0.05) is 6.92 Å². The summed E-state index contributed by atoms with van der Waals surface area (Å²) >= 11 is 0. The second-order valence-corrected chi connectivity index (χ2v) is 3.71. The largest absolute Gasteiger partial charge is 0.305 e. The maximum atomic E-state index is 10.3. The van der Waals surface area contributed by atoms with Crippen molar-refractivity contribution in [2.75, 3.05) is 26.7 Å². The first kappa shape index (κ1) is 10.8. The minimum atomic E-state index is -3.50. The molecule has 0 fully saturated rings. The summed E-state index contributed by atoms with van der Waals surface area (Å²) in [5.74, 6) is 0. The fraction of sp³-hybridized carbons (Fsp3) is 1.00. The molecule has 5 nitrogen and oxygen atoms in total. The van der Waals surface area contributed by atoms with Gasteiger partial charge in [0.15, 0.2) is 0 Å². The third kappa shape index (κ3) is 7.73. The van der Waals surface area contributed by atoms with Crippen LogP contribution in [0.25, 0.3) is 0 Å². The van der Waals surface area contributed by atoms with Gasteiger partial charge in [-0.05, 0) is 13.6 Å². The van der Waals surface area contributed by atoms with Crippen LogP contribution < -0.4 is 9.86 Å². The Morgan fingerprint density at radius 1 is 1.55 bits per heavy atom. The van der Waals surface area contributed by atoms with Crippen molar-refractivity contribution in [1.29, 1.82) is 0 Å². The smallest absolute Gasteiger partial charge is 0.274 e. The molecule has 0 aromatic heterocycles. The highest BCUT2D eigenvalue weighted by atomic mass is 32.2. The molecule has 0 atom stereocenters. The average molecular weight is 181 g/mol. The summed E-state index contributed by atoms with van der Waals surface area (Å²) in [6.45, 7) is 3.93. The normalized spacial score (nSPS) is 12.4. The van der Waals surface area contributed by atoms with E-state index in [-0.39, 0.29) is 0 Å². The zero-order valence-corrected chi connectivity index (χ0v) is 7.69. The fourth-order valence-corrected chi connectivity index (χ4v) is 0.913. The summed E-state index contributed by atoms with van der Waals surface area (Å²) < 4.78 is 22.9. The van der Waals surface area contributed by atoms with Crippen LogP contribution in [0.5, 0.6) is 0 Å². The van der Waals surface area contributed by atoms with Crippen LogP contribution in [0.1, 0.15) is 6.92 Å². The maximum Gasteiger partial charge on any atom is 0.274 e. The SMILES string of the molecule is CCN(C)CCNS(N)(=O)=O. The topological polar surface area (TPSA) is 75.4 Å². The first-order valence-electron chi connectivity index (χ1n) is 3.41. The summed E-state index contributed by atoms with van der Waals surface area (Å²) in [7, 11) is -1.60. The van der Waals surface area contributed by atoms with Gasteiger partial charge in [0.1, 0.15) is 0 Å². The van der Waals surface area contributed by atoms with Gasteiger partial charge in [-0.15, -0.1) is 0 Å². The second kappa shape index (κ2) is 4.66. The molecule has 0 amide bonds. The van der Waals surface area contributed by atoms with Crippen LogP contribution in [0, 0.1) is 0 Å². The molecule has 0 heterocycles. The third-order valence-electron chi connectivity index (χ3n) is 1.34. The van der Waals surface area contributed by atoms with Gasteiger partial charge in [0.05, 0.1) is 0 Å². The Kier molecular flexibility index (Phi) is 4.58. The molecule has 0 unspecified atom stereocenters. The van der Waals surface area contributed by atoms with Gasteiger partial charge in [0.25, 0.3) is 10.2 Å². The molecule has 0 rings (SSSR count). The van der Waals surface area contributed by atoms with E-state index < -0.39 is 10.2 Å². The van der Waals surface area contributed by atoms with E-state index in [2.05, 4.69) is 4.72 Å². The van der Waals surface area contributed by atoms with Gasteiger partial charge in [0.2, 0.25) is 0 Å². The van der Waals surface area contributed by atoms with E-state index in [1.165, 1.54) is 0 Å². The molecule has 68 valence electrons. The first-order valence-corrected chi connectivity index (χ1v) is 4.96. The molecule has 0 radical (unpaired) electrons. The van der Waals surface area contributed by atoms with E-state index in [1.54, 1.807) is 0 Å². The van der Waals surface area contributed by atoms with Crippen molar-refractivity contribution in [3.05, 3.63) is 0 Å². The number of rotatable bonds is 5. The molecular weight excluding hydrogens is 166 g/mol. The minimum absolute atomic E-state index is 0.364. The lowest BCUT2D eigenvalue weighted by atomic mass is 10.5. The summed E-state index contributed by atoms with van der Waals surface area (Å²) in [5, 5.41) is 4.71. The van der Waals surface area contributed by atoms with Crippen molar-refractivity contribution in [1.82, 2.24) is 9.62 Å². The van der Waals surface area contributed by atoms with Crippen molar-refractivity contribution in [2.45, 2.75) is 6.92 Å². The highest BCUT2D eigenvalue weighted by molar-refractivity contribution is 7.87. The molecule has 0 aromatic rings. The molecule has 0 aliphatic heterocycles. The van der Waals surface area contributed by atoms with Gasteiger partial charge < -0.3 is 4.90 Å². The van der Waals surface area contributed by atoms with E-state index in [0.29, 0.717) is 13.1 Å². The molecule has 0 saturated heterocycles. The molecule has 0 aliphatic carbocycles. The Morgan fingerprint density at radius 3 is 2.45 bits per heavy atom. The van der Waals surface area contributed by atoms with Crippen molar-refractivity contribution in [3.8, 4) is 0 Å². The number of nitrogens with one attached hydrogen (secondary N) is 1. The molecule has 0 aliphatic rings. The average Bonchev–Trinajstić information content (AvgIpc) is 1.85. The van der Waals surface area contributed by atoms with Crippen LogP contribution in [0.15, 0.2) is 0 Å². The zero-order valence-electron chi connectivity index (χ0n) is 6.87. The van der Waals surface area contributed by atoms with Gasteiger partial charge >= 0.3 is 0 Å². The second-order valence-electron chi connectivity index (χ2n) is 2.34. The van der Waals surface area contributed by atoms with E-state index in [4.69, 9.17) is 5.14 Å². The molecule has 6 heteroatoms. The monoisotopic (exact) mass is 181 g/mol. The summed E-state index contributed by atoms with van der Waals surface area (Å²) in [4.78, 5) is 1.98. The van der Waals surface area contributed by atoms with Crippen LogP contribution in [-0.2, 0) is 10.2 Å². The van der Waals surface area contributed by atoms with Crippen molar-refractivity contribution < 1.29 is 8.42 Å². The van der Waals surface area contributed by atoms with E-state index in [0.717, 1.165) is 6.54 Å². The standard InChI is InChI=1S/C5H15N3O2S/c1-3-8(2)5-4-7-11(6,9)10/h7H,3-5H2,1-2H3,(H2,6,9,10). The van der Waals surface area contributed by atoms with Crippen LogP contribution in [-0.4, -0.2) is 40.0 Å². The maximum absolute atomic E-state index is 10.3. The Hall–Kier alpha value is -0.170. The molecular formula is C5H15N3O2S. The van der Waals surface area contributed by atoms with Gasteiger partial charge in [-0.3, -0.25) is 0 Å². The molecule has 0 aromatic carbocycles.